The van der Waals surface area contributed by atoms with Gasteiger partial charge in [0.2, 0.25) is 0 Å². The fraction of sp³-hybridized carbons (Fsp3) is 0.316. The van der Waals surface area contributed by atoms with Gasteiger partial charge in [0.1, 0.15) is 11.6 Å². The highest BCUT2D eigenvalue weighted by Gasteiger charge is 2.20. The highest BCUT2D eigenvalue weighted by molar-refractivity contribution is 5.88. The molecule has 134 valence electrons. The molecule has 7 nitrogen and oxygen atoms in total. The zero-order valence-electron chi connectivity index (χ0n) is 14.2. The van der Waals surface area contributed by atoms with Crippen LogP contribution in [-0.2, 0) is 4.74 Å². The fourth-order valence-electron chi connectivity index (χ4n) is 3.02. The average Bonchev–Trinajstić information content (AvgIpc) is 2.73. The van der Waals surface area contributed by atoms with E-state index in [1.807, 2.05) is 30.3 Å². The van der Waals surface area contributed by atoms with Crippen LogP contribution in [0.15, 0.2) is 42.6 Å². The summed E-state index contributed by atoms with van der Waals surface area (Å²) >= 11 is 0. The van der Waals surface area contributed by atoms with Gasteiger partial charge in [0.15, 0.2) is 11.6 Å². The van der Waals surface area contributed by atoms with Crippen LogP contribution in [0, 0.1) is 0 Å². The second-order valence-electron chi connectivity index (χ2n) is 6.17. The molecule has 1 aromatic carbocycles. The van der Waals surface area contributed by atoms with Crippen LogP contribution in [0.5, 0.6) is 0 Å². The van der Waals surface area contributed by atoms with E-state index in [9.17, 15) is 10.2 Å². The minimum atomic E-state index is -0.978. The van der Waals surface area contributed by atoms with Crippen LogP contribution < -0.4 is 4.90 Å². The lowest BCUT2D eigenvalue weighted by molar-refractivity contribution is 0.0954. The first-order chi connectivity index (χ1) is 12.8. The van der Waals surface area contributed by atoms with Crippen molar-refractivity contribution in [3.63, 3.8) is 0 Å². The van der Waals surface area contributed by atoms with Crippen LogP contribution in [0.4, 0.5) is 5.82 Å². The number of rotatable bonds is 4. The molecular weight excluding hydrogens is 332 g/mol. The normalized spacial score (nSPS) is 16.0. The summed E-state index contributed by atoms with van der Waals surface area (Å²) in [6.45, 7) is 2.41. The summed E-state index contributed by atoms with van der Waals surface area (Å²) in [5.41, 5.74) is 2.77. The van der Waals surface area contributed by atoms with Crippen molar-refractivity contribution < 1.29 is 14.9 Å². The number of hydrogen-bond acceptors (Lipinski definition) is 7. The van der Waals surface area contributed by atoms with E-state index in [-0.39, 0.29) is 6.61 Å². The lowest BCUT2D eigenvalue weighted by Crippen LogP contribution is -2.37. The van der Waals surface area contributed by atoms with Gasteiger partial charge in [-0.1, -0.05) is 30.3 Å². The summed E-state index contributed by atoms with van der Waals surface area (Å²) in [7, 11) is 0. The van der Waals surface area contributed by atoms with Crippen molar-refractivity contribution in [1.82, 2.24) is 15.0 Å². The van der Waals surface area contributed by atoms with Gasteiger partial charge >= 0.3 is 0 Å². The molecule has 1 fully saturated rings. The number of anilines is 1. The lowest BCUT2D eigenvalue weighted by Gasteiger charge is -2.28. The third-order valence-electron chi connectivity index (χ3n) is 4.44. The fourth-order valence-corrected chi connectivity index (χ4v) is 3.02. The van der Waals surface area contributed by atoms with E-state index in [4.69, 9.17) is 9.72 Å². The standard InChI is InChI=1S/C19H20N4O3/c24-12-16(25)14-10-15-17(20-11-14)19(23-6-8-26-9-7-23)22-18(21-15)13-4-2-1-3-5-13/h1-5,10-11,16,24-25H,6-9,12H2. The molecule has 4 rings (SSSR count). The number of nitrogens with zero attached hydrogens (tertiary/aromatic N) is 4. The maximum absolute atomic E-state index is 9.93. The molecule has 0 saturated carbocycles. The number of hydrogen-bond donors (Lipinski definition) is 2. The minimum Gasteiger partial charge on any atom is -0.393 e. The number of ether oxygens (including phenoxy) is 1. The largest absolute Gasteiger partial charge is 0.393 e. The van der Waals surface area contributed by atoms with Gasteiger partial charge in [-0.2, -0.15) is 0 Å². The molecule has 26 heavy (non-hydrogen) atoms. The Balaban J connectivity index is 1.89. The third kappa shape index (κ3) is 3.24. The second-order valence-corrected chi connectivity index (χ2v) is 6.17. The third-order valence-corrected chi connectivity index (χ3v) is 4.44. The van der Waals surface area contributed by atoms with Crippen molar-refractivity contribution in [2.24, 2.45) is 0 Å². The molecule has 7 heteroatoms. The smallest absolute Gasteiger partial charge is 0.162 e. The Morgan fingerprint density at radius 1 is 1.12 bits per heavy atom. The van der Waals surface area contributed by atoms with E-state index in [0.29, 0.717) is 35.6 Å². The van der Waals surface area contributed by atoms with Crippen LogP contribution in [-0.4, -0.2) is 58.1 Å². The van der Waals surface area contributed by atoms with E-state index in [2.05, 4.69) is 14.9 Å². The lowest BCUT2D eigenvalue weighted by atomic mass is 10.1. The predicted octanol–water partition coefficient (Wildman–Crippen LogP) is 1.55. The van der Waals surface area contributed by atoms with Crippen molar-refractivity contribution in [3.05, 3.63) is 48.2 Å². The summed E-state index contributed by atoms with van der Waals surface area (Å²) in [6.07, 6.45) is 0.590. The average molecular weight is 352 g/mol. The van der Waals surface area contributed by atoms with Crippen LogP contribution in [0.25, 0.3) is 22.4 Å². The summed E-state index contributed by atoms with van der Waals surface area (Å²) < 4.78 is 5.45. The molecule has 0 amide bonds. The quantitative estimate of drug-likeness (QED) is 0.736. The summed E-state index contributed by atoms with van der Waals surface area (Å²) in [6, 6.07) is 11.5. The summed E-state index contributed by atoms with van der Waals surface area (Å²) in [5, 5.41) is 19.2. The van der Waals surface area contributed by atoms with Crippen molar-refractivity contribution in [3.8, 4) is 11.4 Å². The molecule has 2 N–H and O–H groups in total. The Kier molecular flexibility index (Phi) is 4.75. The van der Waals surface area contributed by atoms with Gasteiger partial charge in [0.25, 0.3) is 0 Å². The van der Waals surface area contributed by atoms with Crippen LogP contribution >= 0.6 is 0 Å². The number of benzene rings is 1. The van der Waals surface area contributed by atoms with Crippen LogP contribution in [0.2, 0.25) is 0 Å². The topological polar surface area (TPSA) is 91.6 Å². The minimum absolute atomic E-state index is 0.361. The molecule has 0 aliphatic carbocycles. The van der Waals surface area contributed by atoms with E-state index >= 15 is 0 Å². The van der Waals surface area contributed by atoms with Crippen LogP contribution in [0.1, 0.15) is 11.7 Å². The number of morpholine rings is 1. The Morgan fingerprint density at radius 3 is 2.62 bits per heavy atom. The molecular formula is C19H20N4O3. The first kappa shape index (κ1) is 16.8. The van der Waals surface area contributed by atoms with Crippen molar-refractivity contribution in [2.45, 2.75) is 6.10 Å². The van der Waals surface area contributed by atoms with Gasteiger partial charge in [0, 0.05) is 30.4 Å². The monoisotopic (exact) mass is 352 g/mol. The molecule has 2 aromatic heterocycles. The zero-order valence-corrected chi connectivity index (χ0v) is 14.2. The molecule has 1 aliphatic heterocycles. The highest BCUT2D eigenvalue weighted by Crippen LogP contribution is 2.28. The predicted molar refractivity (Wildman–Crippen MR) is 97.8 cm³/mol. The summed E-state index contributed by atoms with van der Waals surface area (Å²) in [4.78, 5) is 16.1. The Labute approximate surface area is 150 Å². The molecule has 0 radical (unpaired) electrons. The molecule has 1 saturated heterocycles. The van der Waals surface area contributed by atoms with Crippen molar-refractivity contribution >= 4 is 16.9 Å². The molecule has 3 aromatic rings. The SMILES string of the molecule is OCC(O)c1cnc2c(N3CCOCC3)nc(-c3ccccc3)nc2c1. The Bertz CT molecular complexity index is 898. The van der Waals surface area contributed by atoms with Gasteiger partial charge in [0.05, 0.1) is 25.3 Å². The first-order valence-corrected chi connectivity index (χ1v) is 8.61. The maximum atomic E-state index is 9.93. The molecule has 1 aliphatic rings. The van der Waals surface area contributed by atoms with E-state index in [1.165, 1.54) is 0 Å². The molecule has 0 bridgehead atoms. The number of aliphatic hydroxyl groups excluding tert-OH is 2. The van der Waals surface area contributed by atoms with Gasteiger partial charge in [-0.25, -0.2) is 9.97 Å². The Morgan fingerprint density at radius 2 is 1.88 bits per heavy atom. The molecule has 0 spiro atoms. The van der Waals surface area contributed by atoms with Gasteiger partial charge in [-0.05, 0) is 6.07 Å². The molecule has 3 heterocycles. The van der Waals surface area contributed by atoms with Crippen molar-refractivity contribution in [1.29, 1.82) is 0 Å². The van der Waals surface area contributed by atoms with Crippen molar-refractivity contribution in [2.75, 3.05) is 37.8 Å². The number of aliphatic hydroxyl groups is 2. The number of aromatic nitrogens is 3. The maximum Gasteiger partial charge on any atom is 0.162 e. The second kappa shape index (κ2) is 7.33. The summed E-state index contributed by atoms with van der Waals surface area (Å²) in [5.74, 6) is 1.37. The molecule has 1 unspecified atom stereocenters. The number of pyridine rings is 1. The van der Waals surface area contributed by atoms with Gasteiger partial charge in [-0.3, -0.25) is 4.98 Å². The zero-order chi connectivity index (χ0) is 17.9. The van der Waals surface area contributed by atoms with E-state index < -0.39 is 6.10 Å². The highest BCUT2D eigenvalue weighted by atomic mass is 16.5. The van der Waals surface area contributed by atoms with Gasteiger partial charge < -0.3 is 19.8 Å². The van der Waals surface area contributed by atoms with E-state index in [0.717, 1.165) is 24.5 Å². The van der Waals surface area contributed by atoms with Gasteiger partial charge in [-0.15, -0.1) is 0 Å². The first-order valence-electron chi connectivity index (χ1n) is 8.61. The number of fused-ring (bicyclic) bond motifs is 1. The molecule has 1 atom stereocenters. The Hall–Kier alpha value is -2.61. The van der Waals surface area contributed by atoms with Crippen LogP contribution in [0.3, 0.4) is 0 Å². The van der Waals surface area contributed by atoms with E-state index in [1.54, 1.807) is 12.3 Å².